The predicted molar refractivity (Wildman–Crippen MR) is 81.4 cm³/mol. The van der Waals surface area contributed by atoms with Crippen LogP contribution in [-0.2, 0) is 4.57 Å². The van der Waals surface area contributed by atoms with Crippen LogP contribution in [0.1, 0.15) is 78.1 Å². The van der Waals surface area contributed by atoms with Crippen molar-refractivity contribution in [3.8, 4) is 0 Å². The molecule has 122 valence electrons. The summed E-state index contributed by atoms with van der Waals surface area (Å²) in [7, 11) is -4.64. The zero-order valence-electron chi connectivity index (χ0n) is 13.2. The number of unbranched alkanes of at least 4 members (excludes halogenated alkanes) is 8. The summed E-state index contributed by atoms with van der Waals surface area (Å²) in [6, 6.07) is 0. The summed E-state index contributed by atoms with van der Waals surface area (Å²) in [5.74, 6) is 0. The molecule has 4 nitrogen and oxygen atoms in total. The predicted octanol–water partition coefficient (Wildman–Crippen LogP) is 4.92. The second kappa shape index (κ2) is 18.5. The number of phosphoric acid groups is 1. The Bertz CT molecular complexity index is 201. The van der Waals surface area contributed by atoms with Gasteiger partial charge in [-0.2, -0.15) is 0 Å². The second-order valence-corrected chi connectivity index (χ2v) is 10.9. The molecule has 0 aliphatic rings. The topological polar surface area (TPSA) is 77.8 Å². The molecule has 0 fully saturated rings. The van der Waals surface area contributed by atoms with Gasteiger partial charge in [-0.1, -0.05) is 0 Å². The van der Waals surface area contributed by atoms with Crippen molar-refractivity contribution >= 4 is 7.82 Å². The van der Waals surface area contributed by atoms with Crippen molar-refractivity contribution < 1.29 is 56.0 Å². The molecule has 0 aliphatic carbocycles. The van der Waals surface area contributed by atoms with E-state index < -0.39 is 7.82 Å². The first kappa shape index (κ1) is 23.7. The SMILES string of the molecule is CCCCCC[CH2][Nd][CH2]CCCCCC.O=P(O)(O)O. The molecule has 0 aliphatic heterocycles. The number of hydrogen-bond donors (Lipinski definition) is 3. The number of rotatable bonds is 12. The Morgan fingerprint density at radius 3 is 1.30 bits per heavy atom. The molecule has 0 saturated heterocycles. The molecular formula is C14H33NdO4P. The summed E-state index contributed by atoms with van der Waals surface area (Å²) < 4.78 is 12.2. The summed E-state index contributed by atoms with van der Waals surface area (Å²) >= 11 is -0.114. The third-order valence-electron chi connectivity index (χ3n) is 2.91. The smallest absolute Gasteiger partial charge is 0.303 e. The van der Waals surface area contributed by atoms with Gasteiger partial charge in [0.15, 0.2) is 0 Å². The fourth-order valence-corrected chi connectivity index (χ4v) is 5.84. The Kier molecular flexibility index (Phi) is 22.0. The minimum absolute atomic E-state index is 0.114. The van der Waals surface area contributed by atoms with E-state index in [0.29, 0.717) is 0 Å². The second-order valence-electron chi connectivity index (χ2n) is 5.09. The van der Waals surface area contributed by atoms with Gasteiger partial charge < -0.3 is 14.7 Å². The molecule has 0 aromatic carbocycles. The fraction of sp³-hybridized carbons (Fsp3) is 1.00. The minimum atomic E-state index is -4.64. The Labute approximate surface area is 145 Å². The quantitative estimate of drug-likeness (QED) is 0.297. The minimum Gasteiger partial charge on any atom is -0.303 e. The van der Waals surface area contributed by atoms with Crippen LogP contribution >= 0.6 is 7.82 Å². The van der Waals surface area contributed by atoms with Crippen molar-refractivity contribution in [2.75, 3.05) is 0 Å². The van der Waals surface area contributed by atoms with Crippen molar-refractivity contribution in [2.24, 2.45) is 0 Å². The van der Waals surface area contributed by atoms with E-state index in [1.807, 2.05) is 0 Å². The van der Waals surface area contributed by atoms with E-state index in [1.54, 1.807) is 17.0 Å². The normalized spacial score (nSPS) is 10.8. The van der Waals surface area contributed by atoms with Gasteiger partial charge in [-0.25, -0.2) is 4.57 Å². The molecule has 0 radical (unpaired) electrons. The van der Waals surface area contributed by atoms with Crippen LogP contribution in [0.15, 0.2) is 0 Å². The molecule has 6 heteroatoms. The fourth-order valence-electron chi connectivity index (χ4n) is 1.83. The molecular weight excluding hydrogens is 407 g/mol. The molecule has 20 heavy (non-hydrogen) atoms. The summed E-state index contributed by atoms with van der Waals surface area (Å²) in [5, 5.41) is 0. The average Bonchev–Trinajstić information content (AvgIpc) is 2.34. The van der Waals surface area contributed by atoms with E-state index >= 15 is 0 Å². The van der Waals surface area contributed by atoms with E-state index in [2.05, 4.69) is 13.8 Å². The van der Waals surface area contributed by atoms with Crippen LogP contribution in [-0.4, -0.2) is 14.7 Å². The van der Waals surface area contributed by atoms with E-state index in [-0.39, 0.29) is 36.7 Å². The summed E-state index contributed by atoms with van der Waals surface area (Å²) in [5.41, 5.74) is 0. The van der Waals surface area contributed by atoms with E-state index in [1.165, 1.54) is 51.4 Å². The zero-order chi connectivity index (χ0) is 15.7. The monoisotopic (exact) mass is 438 g/mol. The van der Waals surface area contributed by atoms with Gasteiger partial charge in [0.1, 0.15) is 0 Å². The van der Waals surface area contributed by atoms with Crippen LogP contribution in [0.5, 0.6) is 0 Å². The molecule has 0 bridgehead atoms. The molecule has 0 saturated carbocycles. The summed E-state index contributed by atoms with van der Waals surface area (Å²) in [4.78, 5) is 21.6. The molecule has 0 atom stereocenters. The molecule has 0 unspecified atom stereocenters. The number of hydrogen-bond acceptors (Lipinski definition) is 1. The van der Waals surface area contributed by atoms with Crippen LogP contribution in [0.3, 0.4) is 0 Å². The van der Waals surface area contributed by atoms with Gasteiger partial charge in [-0.05, 0) is 0 Å². The largest absolute Gasteiger partial charge is 0.466 e. The first-order valence-corrected chi connectivity index (χ1v) is 14.0. The van der Waals surface area contributed by atoms with E-state index in [4.69, 9.17) is 19.2 Å². The van der Waals surface area contributed by atoms with Gasteiger partial charge in [0.2, 0.25) is 0 Å². The molecule has 0 heterocycles. The molecule has 0 aromatic heterocycles. The summed E-state index contributed by atoms with van der Waals surface area (Å²) in [6.45, 7) is 4.60. The van der Waals surface area contributed by atoms with Crippen LogP contribution in [0.2, 0.25) is 4.14 Å². The average molecular weight is 441 g/mol. The first-order chi connectivity index (χ1) is 9.41. The van der Waals surface area contributed by atoms with Gasteiger partial charge in [0, 0.05) is 0 Å². The van der Waals surface area contributed by atoms with Crippen molar-refractivity contribution in [3.63, 3.8) is 0 Å². The molecule has 0 amide bonds. The third kappa shape index (κ3) is 36.6. The van der Waals surface area contributed by atoms with Gasteiger partial charge in [-0.3, -0.25) is 0 Å². The first-order valence-electron chi connectivity index (χ1n) is 7.90. The maximum Gasteiger partial charge on any atom is 0.466 e. The Balaban J connectivity index is 0. The van der Waals surface area contributed by atoms with Crippen LogP contribution < -0.4 is 0 Å². The standard InChI is InChI=1S/2C7H15.Nd.H3O4P/c2*1-3-5-7-6-4-2;;1-5(2,3)4/h2*1,3-7H2,2H3;;(H3,1,2,3,4). The van der Waals surface area contributed by atoms with Crippen LogP contribution in [0, 0.1) is 36.7 Å². The molecule has 0 spiro atoms. The Hall–Kier alpha value is 1.46. The molecule has 0 aromatic rings. The van der Waals surface area contributed by atoms with Crippen LogP contribution in [0.25, 0.3) is 0 Å². The Morgan fingerprint density at radius 2 is 1.00 bits per heavy atom. The Morgan fingerprint density at radius 1 is 0.700 bits per heavy atom. The molecule has 0 rings (SSSR count). The third-order valence-corrected chi connectivity index (χ3v) is 7.45. The maximum atomic E-state index is 8.88. The van der Waals surface area contributed by atoms with Crippen molar-refractivity contribution in [1.82, 2.24) is 0 Å². The van der Waals surface area contributed by atoms with Gasteiger partial charge >= 0.3 is 127 Å². The maximum absolute atomic E-state index is 8.88. The van der Waals surface area contributed by atoms with Crippen molar-refractivity contribution in [2.45, 2.75) is 82.2 Å². The van der Waals surface area contributed by atoms with Crippen LogP contribution in [0.4, 0.5) is 0 Å². The van der Waals surface area contributed by atoms with Gasteiger partial charge in [0.05, 0.1) is 0 Å². The van der Waals surface area contributed by atoms with Gasteiger partial charge in [-0.15, -0.1) is 0 Å². The summed E-state index contributed by atoms with van der Waals surface area (Å²) in [6.07, 6.45) is 14.9. The van der Waals surface area contributed by atoms with Crippen molar-refractivity contribution in [1.29, 1.82) is 0 Å². The zero-order valence-corrected chi connectivity index (χ0v) is 17.3. The van der Waals surface area contributed by atoms with E-state index in [0.717, 1.165) is 0 Å². The van der Waals surface area contributed by atoms with Gasteiger partial charge in [0.25, 0.3) is 0 Å². The molecule has 3 N–H and O–H groups in total. The van der Waals surface area contributed by atoms with Crippen molar-refractivity contribution in [3.05, 3.63) is 0 Å². The van der Waals surface area contributed by atoms with E-state index in [9.17, 15) is 0 Å².